The van der Waals surface area contributed by atoms with Crippen LogP contribution in [0.2, 0.25) is 0 Å². The number of benzene rings is 2. The maximum atomic E-state index is 12.2. The van der Waals surface area contributed by atoms with Gasteiger partial charge in [-0.15, -0.1) is 0 Å². The van der Waals surface area contributed by atoms with Gasteiger partial charge in [-0.1, -0.05) is 23.9 Å². The van der Waals surface area contributed by atoms with Crippen LogP contribution in [-0.2, 0) is 0 Å². The zero-order valence-electron chi connectivity index (χ0n) is 11.7. The molecule has 0 spiro atoms. The number of thioether (sulfide) groups is 1. The number of ether oxygens (including phenoxy) is 1. The van der Waals surface area contributed by atoms with Gasteiger partial charge in [-0.05, 0) is 46.3 Å². The van der Waals surface area contributed by atoms with Crippen molar-refractivity contribution in [3.05, 3.63) is 52.5 Å². The summed E-state index contributed by atoms with van der Waals surface area (Å²) in [4.78, 5) is 16.6. The van der Waals surface area contributed by atoms with Crippen molar-refractivity contribution in [3.63, 3.8) is 0 Å². The molecule has 0 N–H and O–H groups in total. The molecule has 0 aliphatic heterocycles. The smallest absolute Gasteiger partial charge is 0.257 e. The van der Waals surface area contributed by atoms with Crippen LogP contribution in [-0.4, -0.2) is 23.6 Å². The van der Waals surface area contributed by atoms with Gasteiger partial charge in [-0.25, -0.2) is 4.98 Å². The second kappa shape index (κ2) is 6.54. The van der Waals surface area contributed by atoms with Crippen LogP contribution in [0.1, 0.15) is 10.4 Å². The Morgan fingerprint density at radius 2 is 2.14 bits per heavy atom. The molecule has 0 aliphatic carbocycles. The quantitative estimate of drug-likeness (QED) is 0.481. The average molecular weight is 378 g/mol. The van der Waals surface area contributed by atoms with E-state index in [1.54, 1.807) is 25.3 Å². The number of carbonyl (C=O) groups is 1. The standard InChI is InChI=1S/C16H12BrNO3S/c1-20-14-7-6-10(8-11(14)17)13(19)9-22-16-18-12-4-2-3-5-15(12)21-16/h2-8H,9H2,1H3. The van der Waals surface area contributed by atoms with E-state index in [0.29, 0.717) is 16.5 Å². The zero-order chi connectivity index (χ0) is 15.5. The van der Waals surface area contributed by atoms with Crippen molar-refractivity contribution < 1.29 is 13.9 Å². The Balaban J connectivity index is 1.70. The van der Waals surface area contributed by atoms with Gasteiger partial charge in [-0.3, -0.25) is 4.79 Å². The van der Waals surface area contributed by atoms with Gasteiger partial charge in [0, 0.05) is 5.56 Å². The predicted molar refractivity (Wildman–Crippen MR) is 89.8 cm³/mol. The molecule has 0 amide bonds. The van der Waals surface area contributed by atoms with Crippen LogP contribution in [0.25, 0.3) is 11.1 Å². The summed E-state index contributed by atoms with van der Waals surface area (Å²) in [5.41, 5.74) is 2.14. The van der Waals surface area contributed by atoms with Crippen molar-refractivity contribution in [3.8, 4) is 5.75 Å². The Hall–Kier alpha value is -1.79. The first-order valence-corrected chi connectivity index (χ1v) is 8.30. The minimum atomic E-state index is 0.00982. The molecule has 112 valence electrons. The summed E-state index contributed by atoms with van der Waals surface area (Å²) >= 11 is 4.67. The number of para-hydroxylation sites is 2. The zero-order valence-corrected chi connectivity index (χ0v) is 14.1. The molecule has 3 aromatic rings. The Kier molecular flexibility index (Phi) is 4.49. The van der Waals surface area contributed by atoms with E-state index < -0.39 is 0 Å². The third-order valence-corrected chi connectivity index (χ3v) is 4.52. The van der Waals surface area contributed by atoms with Gasteiger partial charge >= 0.3 is 0 Å². The Labute approximate surface area is 140 Å². The number of oxazole rings is 1. The van der Waals surface area contributed by atoms with E-state index >= 15 is 0 Å². The molecule has 0 unspecified atom stereocenters. The van der Waals surface area contributed by atoms with E-state index in [0.717, 1.165) is 15.6 Å². The maximum Gasteiger partial charge on any atom is 0.257 e. The summed E-state index contributed by atoms with van der Waals surface area (Å²) in [6, 6.07) is 12.8. The molecule has 0 saturated carbocycles. The Bertz CT molecular complexity index is 798. The molecule has 0 radical (unpaired) electrons. The van der Waals surface area contributed by atoms with Crippen LogP contribution in [0, 0.1) is 0 Å². The third kappa shape index (κ3) is 3.18. The van der Waals surface area contributed by atoms with Crippen LogP contribution in [0.3, 0.4) is 0 Å². The molecule has 2 aromatic carbocycles. The molecular formula is C16H12BrNO3S. The highest BCUT2D eigenvalue weighted by atomic mass is 79.9. The summed E-state index contributed by atoms with van der Waals surface area (Å²) in [5, 5.41) is 0.502. The number of aromatic nitrogens is 1. The predicted octanol–water partition coefficient (Wildman–Crippen LogP) is 4.57. The molecule has 4 nitrogen and oxygen atoms in total. The number of halogens is 1. The fourth-order valence-electron chi connectivity index (χ4n) is 1.96. The van der Waals surface area contributed by atoms with Gasteiger partial charge in [0.2, 0.25) is 0 Å². The van der Waals surface area contributed by atoms with Gasteiger partial charge < -0.3 is 9.15 Å². The van der Waals surface area contributed by atoms with Crippen molar-refractivity contribution in [2.24, 2.45) is 0 Å². The molecule has 22 heavy (non-hydrogen) atoms. The number of fused-ring (bicyclic) bond motifs is 1. The number of rotatable bonds is 5. The van der Waals surface area contributed by atoms with Crippen LogP contribution >= 0.6 is 27.7 Å². The highest BCUT2D eigenvalue weighted by molar-refractivity contribution is 9.10. The lowest BCUT2D eigenvalue weighted by atomic mass is 10.1. The molecule has 0 aliphatic rings. The van der Waals surface area contributed by atoms with Crippen molar-refractivity contribution in [2.75, 3.05) is 12.9 Å². The summed E-state index contributed by atoms with van der Waals surface area (Å²) in [6.07, 6.45) is 0. The number of Topliss-reactive ketones (excluding diaryl/α,β-unsaturated/α-hetero) is 1. The highest BCUT2D eigenvalue weighted by Gasteiger charge is 2.12. The van der Waals surface area contributed by atoms with Crippen molar-refractivity contribution in [1.29, 1.82) is 0 Å². The molecule has 1 aromatic heterocycles. The number of methoxy groups -OCH3 is 1. The van der Waals surface area contributed by atoms with Gasteiger partial charge in [-0.2, -0.15) is 0 Å². The third-order valence-electron chi connectivity index (χ3n) is 3.07. The molecule has 1 heterocycles. The van der Waals surface area contributed by atoms with E-state index in [9.17, 15) is 4.79 Å². The van der Waals surface area contributed by atoms with Gasteiger partial charge in [0.05, 0.1) is 17.3 Å². The van der Waals surface area contributed by atoms with Gasteiger partial charge in [0.25, 0.3) is 5.22 Å². The number of carbonyl (C=O) groups excluding carboxylic acids is 1. The summed E-state index contributed by atoms with van der Waals surface area (Å²) < 4.78 is 11.5. The van der Waals surface area contributed by atoms with Crippen LogP contribution in [0.4, 0.5) is 0 Å². The Morgan fingerprint density at radius 3 is 2.86 bits per heavy atom. The second-order valence-electron chi connectivity index (χ2n) is 4.51. The van der Waals surface area contributed by atoms with Crippen molar-refractivity contribution in [1.82, 2.24) is 4.98 Å². The number of hydrogen-bond donors (Lipinski definition) is 0. The summed E-state index contributed by atoms with van der Waals surface area (Å²) in [6.45, 7) is 0. The van der Waals surface area contributed by atoms with Gasteiger partial charge in [0.15, 0.2) is 11.4 Å². The Morgan fingerprint density at radius 1 is 1.32 bits per heavy atom. The lowest BCUT2D eigenvalue weighted by Crippen LogP contribution is -2.02. The van der Waals surface area contributed by atoms with E-state index in [2.05, 4.69) is 20.9 Å². The van der Waals surface area contributed by atoms with Gasteiger partial charge in [0.1, 0.15) is 11.3 Å². The van der Waals surface area contributed by atoms with E-state index in [1.807, 2.05) is 24.3 Å². The van der Waals surface area contributed by atoms with E-state index in [-0.39, 0.29) is 11.5 Å². The fraction of sp³-hybridized carbons (Fsp3) is 0.125. The average Bonchev–Trinajstić information content (AvgIpc) is 2.95. The lowest BCUT2D eigenvalue weighted by Gasteiger charge is -2.05. The molecular weight excluding hydrogens is 366 g/mol. The number of nitrogens with zero attached hydrogens (tertiary/aromatic N) is 1. The summed E-state index contributed by atoms with van der Waals surface area (Å²) in [7, 11) is 1.59. The number of ketones is 1. The van der Waals surface area contributed by atoms with Crippen molar-refractivity contribution in [2.45, 2.75) is 5.22 Å². The molecule has 3 rings (SSSR count). The highest BCUT2D eigenvalue weighted by Crippen LogP contribution is 2.27. The SMILES string of the molecule is COc1ccc(C(=O)CSc2nc3ccccc3o2)cc1Br. The second-order valence-corrected chi connectivity index (χ2v) is 6.29. The minimum Gasteiger partial charge on any atom is -0.496 e. The lowest BCUT2D eigenvalue weighted by molar-refractivity contribution is 0.102. The summed E-state index contributed by atoms with van der Waals surface area (Å²) in [5.74, 6) is 0.977. The molecule has 0 fully saturated rings. The normalized spacial score (nSPS) is 10.8. The largest absolute Gasteiger partial charge is 0.496 e. The maximum absolute atomic E-state index is 12.2. The van der Waals surface area contributed by atoms with Crippen LogP contribution < -0.4 is 4.74 Å². The minimum absolute atomic E-state index is 0.00982. The molecule has 0 bridgehead atoms. The number of hydrogen-bond acceptors (Lipinski definition) is 5. The fourth-order valence-corrected chi connectivity index (χ4v) is 3.24. The van der Waals surface area contributed by atoms with Crippen LogP contribution in [0.5, 0.6) is 5.75 Å². The topological polar surface area (TPSA) is 52.3 Å². The monoisotopic (exact) mass is 377 g/mol. The van der Waals surface area contributed by atoms with E-state index in [4.69, 9.17) is 9.15 Å². The molecule has 6 heteroatoms. The van der Waals surface area contributed by atoms with Crippen molar-refractivity contribution >= 4 is 44.6 Å². The molecule has 0 atom stereocenters. The van der Waals surface area contributed by atoms with Crippen LogP contribution in [0.15, 0.2) is 56.6 Å². The first-order chi connectivity index (χ1) is 10.7. The molecule has 0 saturated heterocycles. The van der Waals surface area contributed by atoms with E-state index in [1.165, 1.54) is 11.8 Å². The first-order valence-electron chi connectivity index (χ1n) is 6.52. The first kappa shape index (κ1) is 15.1.